The van der Waals surface area contributed by atoms with Crippen LogP contribution in [0.15, 0.2) is 18.2 Å². The van der Waals surface area contributed by atoms with Crippen molar-refractivity contribution in [2.24, 2.45) is 0 Å². The van der Waals surface area contributed by atoms with Gasteiger partial charge in [-0.25, -0.2) is 4.98 Å². The molecule has 1 aliphatic heterocycles. The van der Waals surface area contributed by atoms with Crippen LogP contribution < -0.4 is 10.2 Å². The summed E-state index contributed by atoms with van der Waals surface area (Å²) in [5, 5.41) is 4.12. The highest BCUT2D eigenvalue weighted by Crippen LogP contribution is 2.23. The molecule has 0 aromatic carbocycles. The average molecular weight is 265 g/mol. The summed E-state index contributed by atoms with van der Waals surface area (Å²) in [5.74, 6) is 3.25. The summed E-state index contributed by atoms with van der Waals surface area (Å²) in [5.41, 5.74) is 0.0522. The minimum atomic E-state index is 0.0522. The number of nitrogens with zero attached hydrogens (tertiary/aromatic N) is 2. The zero-order valence-electron chi connectivity index (χ0n) is 11.7. The summed E-state index contributed by atoms with van der Waals surface area (Å²) in [7, 11) is 0. The summed E-state index contributed by atoms with van der Waals surface area (Å²) in [6.07, 6.45) is 0. The molecule has 1 aromatic heterocycles. The molecule has 18 heavy (non-hydrogen) atoms. The molecule has 0 bridgehead atoms. The van der Waals surface area contributed by atoms with Gasteiger partial charge in [0, 0.05) is 29.6 Å². The highest BCUT2D eigenvalue weighted by molar-refractivity contribution is 8.00. The van der Waals surface area contributed by atoms with Crippen LogP contribution in [-0.2, 0) is 0 Å². The second-order valence-electron chi connectivity index (χ2n) is 5.88. The van der Waals surface area contributed by atoms with Crippen LogP contribution in [0, 0.1) is 0 Å². The van der Waals surface area contributed by atoms with E-state index in [9.17, 15) is 0 Å². The first-order chi connectivity index (χ1) is 8.44. The second-order valence-corrected chi connectivity index (χ2v) is 7.43. The van der Waals surface area contributed by atoms with Crippen LogP contribution in [0.3, 0.4) is 0 Å². The van der Waals surface area contributed by atoms with Gasteiger partial charge in [0.15, 0.2) is 0 Å². The van der Waals surface area contributed by atoms with Crippen molar-refractivity contribution in [1.29, 1.82) is 0 Å². The van der Waals surface area contributed by atoms with Gasteiger partial charge >= 0.3 is 0 Å². The largest absolute Gasteiger partial charge is 0.365 e. The number of nitrogens with one attached hydrogen (secondary N) is 1. The molecular formula is C14H23N3S. The molecule has 0 aliphatic carbocycles. The number of anilines is 2. The van der Waals surface area contributed by atoms with Gasteiger partial charge in [-0.3, -0.25) is 0 Å². The summed E-state index contributed by atoms with van der Waals surface area (Å²) >= 11 is 2.05. The molecule has 3 nitrogen and oxygen atoms in total. The molecule has 1 aromatic rings. The summed E-state index contributed by atoms with van der Waals surface area (Å²) < 4.78 is 0. The fraction of sp³-hybridized carbons (Fsp3) is 0.643. The molecule has 4 heteroatoms. The molecule has 2 heterocycles. The Kier molecular flexibility index (Phi) is 4.05. The molecule has 1 N–H and O–H groups in total. The van der Waals surface area contributed by atoms with Crippen LogP contribution in [0.25, 0.3) is 0 Å². The van der Waals surface area contributed by atoms with Crippen LogP contribution in [0.2, 0.25) is 0 Å². The van der Waals surface area contributed by atoms with Gasteiger partial charge in [-0.05, 0) is 32.9 Å². The molecule has 1 aliphatic rings. The lowest BCUT2D eigenvalue weighted by Crippen LogP contribution is -2.37. The Balaban J connectivity index is 2.11. The van der Waals surface area contributed by atoms with Gasteiger partial charge in [-0.1, -0.05) is 13.0 Å². The summed E-state index contributed by atoms with van der Waals surface area (Å²) in [6, 6.07) is 6.23. The SMILES string of the molecule is CC1CN(c2cccc(NC(C)(C)C)n2)CCS1. The van der Waals surface area contributed by atoms with E-state index in [4.69, 9.17) is 4.98 Å². The zero-order valence-corrected chi connectivity index (χ0v) is 12.5. The van der Waals surface area contributed by atoms with Gasteiger partial charge in [0.25, 0.3) is 0 Å². The van der Waals surface area contributed by atoms with Gasteiger partial charge in [-0.2, -0.15) is 11.8 Å². The smallest absolute Gasteiger partial charge is 0.131 e. The number of thioether (sulfide) groups is 1. The molecule has 1 saturated heterocycles. The molecule has 100 valence electrons. The molecule has 0 radical (unpaired) electrons. The van der Waals surface area contributed by atoms with Crippen molar-refractivity contribution in [2.75, 3.05) is 29.1 Å². The fourth-order valence-corrected chi connectivity index (χ4v) is 3.09. The fourth-order valence-electron chi connectivity index (χ4n) is 2.08. The Labute approximate surface area is 114 Å². The Hall–Kier alpha value is -0.900. The van der Waals surface area contributed by atoms with Crippen LogP contribution in [0.4, 0.5) is 11.6 Å². The van der Waals surface area contributed by atoms with E-state index in [1.165, 1.54) is 5.75 Å². The monoisotopic (exact) mass is 265 g/mol. The Morgan fingerprint density at radius 3 is 2.83 bits per heavy atom. The lowest BCUT2D eigenvalue weighted by molar-refractivity contribution is 0.630. The maximum atomic E-state index is 4.72. The number of hydrogen-bond acceptors (Lipinski definition) is 4. The first-order valence-corrected chi connectivity index (χ1v) is 7.61. The molecule has 2 rings (SSSR count). The van der Waals surface area contributed by atoms with E-state index < -0.39 is 0 Å². The van der Waals surface area contributed by atoms with Crippen LogP contribution in [0.1, 0.15) is 27.7 Å². The van der Waals surface area contributed by atoms with Gasteiger partial charge < -0.3 is 10.2 Å². The van der Waals surface area contributed by atoms with Crippen LogP contribution >= 0.6 is 11.8 Å². The van der Waals surface area contributed by atoms with Crippen molar-refractivity contribution in [1.82, 2.24) is 4.98 Å². The van der Waals surface area contributed by atoms with Crippen molar-refractivity contribution >= 4 is 23.4 Å². The van der Waals surface area contributed by atoms with Crippen LogP contribution in [0.5, 0.6) is 0 Å². The van der Waals surface area contributed by atoms with Gasteiger partial charge in [0.1, 0.15) is 11.6 Å². The predicted octanol–water partition coefficient (Wildman–Crippen LogP) is 3.23. The number of rotatable bonds is 2. The van der Waals surface area contributed by atoms with E-state index in [2.05, 4.69) is 50.0 Å². The van der Waals surface area contributed by atoms with Crippen LogP contribution in [-0.4, -0.2) is 34.6 Å². The predicted molar refractivity (Wildman–Crippen MR) is 81.7 cm³/mol. The highest BCUT2D eigenvalue weighted by atomic mass is 32.2. The Morgan fingerprint density at radius 2 is 2.17 bits per heavy atom. The zero-order chi connectivity index (χ0) is 13.2. The van der Waals surface area contributed by atoms with Crippen molar-refractivity contribution < 1.29 is 0 Å². The van der Waals surface area contributed by atoms with Crippen molar-refractivity contribution in [3.8, 4) is 0 Å². The third-order valence-corrected chi connectivity index (χ3v) is 3.94. The van der Waals surface area contributed by atoms with E-state index in [-0.39, 0.29) is 5.54 Å². The van der Waals surface area contributed by atoms with Crippen molar-refractivity contribution in [3.05, 3.63) is 18.2 Å². The summed E-state index contributed by atoms with van der Waals surface area (Å²) in [6.45, 7) is 10.9. The topological polar surface area (TPSA) is 28.2 Å². The standard InChI is InChI=1S/C14H23N3S/c1-11-10-17(8-9-18-11)13-7-5-6-12(15-13)16-14(2,3)4/h5-7,11H,8-10H2,1-4H3,(H,15,16). The Morgan fingerprint density at radius 1 is 1.39 bits per heavy atom. The normalized spacial score (nSPS) is 20.9. The minimum Gasteiger partial charge on any atom is -0.365 e. The maximum Gasteiger partial charge on any atom is 0.131 e. The second kappa shape index (κ2) is 5.39. The molecule has 1 unspecified atom stereocenters. The molecule has 0 saturated carbocycles. The van der Waals surface area contributed by atoms with Crippen molar-refractivity contribution in [2.45, 2.75) is 38.5 Å². The van der Waals surface area contributed by atoms with Gasteiger partial charge in [0.2, 0.25) is 0 Å². The quantitative estimate of drug-likeness (QED) is 0.888. The third-order valence-electron chi connectivity index (χ3n) is 2.80. The van der Waals surface area contributed by atoms with E-state index in [0.717, 1.165) is 24.7 Å². The van der Waals surface area contributed by atoms with E-state index in [1.54, 1.807) is 0 Å². The first kappa shape index (κ1) is 13.5. The summed E-state index contributed by atoms with van der Waals surface area (Å²) in [4.78, 5) is 7.11. The van der Waals surface area contributed by atoms with E-state index >= 15 is 0 Å². The lowest BCUT2D eigenvalue weighted by atomic mass is 10.1. The van der Waals surface area contributed by atoms with Gasteiger partial charge in [-0.15, -0.1) is 0 Å². The Bertz CT molecular complexity index is 400. The third kappa shape index (κ3) is 3.80. The molecular weight excluding hydrogens is 242 g/mol. The molecule has 1 atom stereocenters. The first-order valence-electron chi connectivity index (χ1n) is 6.56. The van der Waals surface area contributed by atoms with Crippen molar-refractivity contribution in [3.63, 3.8) is 0 Å². The number of pyridine rings is 1. The number of aromatic nitrogens is 1. The number of hydrogen-bond donors (Lipinski definition) is 1. The minimum absolute atomic E-state index is 0.0522. The van der Waals surface area contributed by atoms with E-state index in [1.807, 2.05) is 17.8 Å². The molecule has 1 fully saturated rings. The van der Waals surface area contributed by atoms with E-state index in [0.29, 0.717) is 5.25 Å². The molecule has 0 spiro atoms. The van der Waals surface area contributed by atoms with Gasteiger partial charge in [0.05, 0.1) is 0 Å². The maximum absolute atomic E-state index is 4.72. The lowest BCUT2D eigenvalue weighted by Gasteiger charge is -2.32. The molecule has 0 amide bonds. The highest BCUT2D eigenvalue weighted by Gasteiger charge is 2.18. The average Bonchev–Trinajstić information content (AvgIpc) is 2.27.